The van der Waals surface area contributed by atoms with Gasteiger partial charge in [-0.15, -0.1) is 0 Å². The lowest BCUT2D eigenvalue weighted by Gasteiger charge is -2.22. The molecular weight excluding hydrogens is 212 g/mol. The highest BCUT2D eigenvalue weighted by Crippen LogP contribution is 2.34. The lowest BCUT2D eigenvalue weighted by atomic mass is 9.78. The molecule has 0 atom stereocenters. The van der Waals surface area contributed by atoms with E-state index < -0.39 is 0 Å². The third kappa shape index (κ3) is 1.27. The summed E-state index contributed by atoms with van der Waals surface area (Å²) in [5.74, 6) is -0.156. The lowest BCUT2D eigenvalue weighted by molar-refractivity contribution is 0.0979. The molecular formula is C15H10O2. The summed E-state index contributed by atoms with van der Waals surface area (Å²) in [7, 11) is 0. The summed E-state index contributed by atoms with van der Waals surface area (Å²) in [5.41, 5.74) is 2.71. The number of hydrogen-bond acceptors (Lipinski definition) is 2. The molecule has 1 aromatic carbocycles. The minimum Gasteiger partial charge on any atom is -0.289 e. The first-order valence-electron chi connectivity index (χ1n) is 5.47. The van der Waals surface area contributed by atoms with Gasteiger partial charge >= 0.3 is 0 Å². The molecule has 2 heteroatoms. The van der Waals surface area contributed by atoms with Crippen molar-refractivity contribution in [3.05, 3.63) is 70.8 Å². The molecule has 82 valence electrons. The molecule has 2 aliphatic carbocycles. The van der Waals surface area contributed by atoms with E-state index >= 15 is 0 Å². The van der Waals surface area contributed by atoms with Crippen LogP contribution in [0.2, 0.25) is 0 Å². The summed E-state index contributed by atoms with van der Waals surface area (Å²) < 4.78 is 0. The Kier molecular flexibility index (Phi) is 1.99. The molecule has 0 saturated carbocycles. The van der Waals surface area contributed by atoms with Gasteiger partial charge in [-0.2, -0.15) is 0 Å². The summed E-state index contributed by atoms with van der Waals surface area (Å²) in [5, 5.41) is 0. The van der Waals surface area contributed by atoms with Gasteiger partial charge in [-0.1, -0.05) is 43.0 Å². The fraction of sp³-hybridized carbons (Fsp3) is 0.0667. The van der Waals surface area contributed by atoms with Gasteiger partial charge in [0.05, 0.1) is 0 Å². The number of allylic oxidation sites excluding steroid dienone is 5. The van der Waals surface area contributed by atoms with E-state index in [0.717, 1.165) is 5.57 Å². The second-order valence-electron chi connectivity index (χ2n) is 4.20. The molecule has 0 aliphatic heterocycles. The highest BCUT2D eigenvalue weighted by Gasteiger charge is 2.32. The van der Waals surface area contributed by atoms with Crippen molar-refractivity contribution in [2.45, 2.75) is 6.42 Å². The Morgan fingerprint density at radius 3 is 2.35 bits per heavy atom. The van der Waals surface area contributed by atoms with Crippen LogP contribution >= 0.6 is 0 Å². The predicted octanol–water partition coefficient (Wildman–Crippen LogP) is 2.88. The van der Waals surface area contributed by atoms with E-state index in [-0.39, 0.29) is 11.6 Å². The highest BCUT2D eigenvalue weighted by atomic mass is 16.1. The third-order valence-electron chi connectivity index (χ3n) is 3.16. The molecule has 2 aliphatic rings. The maximum Gasteiger partial charge on any atom is 0.194 e. The van der Waals surface area contributed by atoms with Crippen LogP contribution in [0.3, 0.4) is 0 Å². The molecule has 3 rings (SSSR count). The van der Waals surface area contributed by atoms with Crippen LogP contribution in [-0.2, 0) is 0 Å². The van der Waals surface area contributed by atoms with Crippen LogP contribution in [0, 0.1) is 0 Å². The zero-order valence-corrected chi connectivity index (χ0v) is 9.19. The van der Waals surface area contributed by atoms with Crippen LogP contribution in [0.5, 0.6) is 0 Å². The molecule has 0 heterocycles. The number of carbonyl (C=O) groups excluding carboxylic acids is 2. The molecule has 0 N–H and O–H groups in total. The summed E-state index contributed by atoms with van der Waals surface area (Å²) in [6.07, 6.45) is 4.25. The molecule has 1 aromatic rings. The first kappa shape index (κ1) is 9.97. The van der Waals surface area contributed by atoms with E-state index in [4.69, 9.17) is 0 Å². The quantitative estimate of drug-likeness (QED) is 0.676. The molecule has 0 amide bonds. The Morgan fingerprint density at radius 1 is 1.00 bits per heavy atom. The van der Waals surface area contributed by atoms with Crippen LogP contribution in [-0.4, -0.2) is 11.6 Å². The number of rotatable bonds is 0. The Balaban J connectivity index is 2.31. The monoisotopic (exact) mass is 222 g/mol. The zero-order chi connectivity index (χ0) is 12.0. The maximum atomic E-state index is 12.3. The van der Waals surface area contributed by atoms with Gasteiger partial charge in [-0.3, -0.25) is 9.59 Å². The van der Waals surface area contributed by atoms with E-state index in [1.54, 1.807) is 30.3 Å². The Morgan fingerprint density at radius 2 is 1.65 bits per heavy atom. The third-order valence-corrected chi connectivity index (χ3v) is 3.16. The molecule has 0 saturated heterocycles. The molecule has 0 bridgehead atoms. The number of hydrogen-bond donors (Lipinski definition) is 0. The van der Waals surface area contributed by atoms with Gasteiger partial charge in [0, 0.05) is 22.3 Å². The fourth-order valence-corrected chi connectivity index (χ4v) is 2.33. The normalized spacial score (nSPS) is 18.2. The number of carbonyl (C=O) groups is 2. The van der Waals surface area contributed by atoms with Crippen LogP contribution < -0.4 is 0 Å². The lowest BCUT2D eigenvalue weighted by Crippen LogP contribution is -2.23. The van der Waals surface area contributed by atoms with Crippen molar-refractivity contribution in [1.29, 1.82) is 0 Å². The SMILES string of the molecule is C=C1CC=CC2=C1C(=O)c1ccccc1C2=O. The molecule has 0 unspecified atom stereocenters. The Hall–Kier alpha value is -2.22. The van der Waals surface area contributed by atoms with Crippen LogP contribution in [0.1, 0.15) is 27.1 Å². The van der Waals surface area contributed by atoms with Crippen molar-refractivity contribution in [3.63, 3.8) is 0 Å². The zero-order valence-electron chi connectivity index (χ0n) is 9.19. The Bertz CT molecular complexity index is 630. The fourth-order valence-electron chi connectivity index (χ4n) is 2.33. The minimum atomic E-state index is -0.0791. The molecule has 0 fully saturated rings. The van der Waals surface area contributed by atoms with Crippen molar-refractivity contribution in [3.8, 4) is 0 Å². The van der Waals surface area contributed by atoms with Gasteiger partial charge in [-0.25, -0.2) is 0 Å². The number of benzene rings is 1. The number of fused-ring (bicyclic) bond motifs is 1. The van der Waals surface area contributed by atoms with Crippen LogP contribution in [0.4, 0.5) is 0 Å². The average Bonchev–Trinajstić information content (AvgIpc) is 2.36. The number of Topliss-reactive ketones (excluding diaryl/α,β-unsaturated/α-hetero) is 2. The van der Waals surface area contributed by atoms with Crippen LogP contribution in [0.15, 0.2) is 59.7 Å². The van der Waals surface area contributed by atoms with Gasteiger partial charge in [0.2, 0.25) is 0 Å². The molecule has 0 radical (unpaired) electrons. The van der Waals surface area contributed by atoms with Gasteiger partial charge in [0.15, 0.2) is 11.6 Å². The molecule has 17 heavy (non-hydrogen) atoms. The summed E-state index contributed by atoms with van der Waals surface area (Å²) in [6.45, 7) is 3.87. The highest BCUT2D eigenvalue weighted by molar-refractivity contribution is 6.29. The average molecular weight is 222 g/mol. The van der Waals surface area contributed by atoms with Gasteiger partial charge in [-0.05, 0) is 12.0 Å². The first-order valence-corrected chi connectivity index (χ1v) is 5.47. The first-order chi connectivity index (χ1) is 8.20. The summed E-state index contributed by atoms with van der Waals surface area (Å²) in [6, 6.07) is 6.95. The molecule has 0 spiro atoms. The topological polar surface area (TPSA) is 34.1 Å². The van der Waals surface area contributed by atoms with E-state index in [9.17, 15) is 9.59 Å². The molecule has 2 nitrogen and oxygen atoms in total. The second kappa shape index (κ2) is 3.39. The standard InChI is InChI=1S/C15H10O2/c1-9-5-4-8-12-13(9)15(17)11-7-3-2-6-10(11)14(12)16/h2-4,6-8H,1,5H2. The van der Waals surface area contributed by atoms with Crippen molar-refractivity contribution >= 4 is 11.6 Å². The van der Waals surface area contributed by atoms with E-state index in [2.05, 4.69) is 6.58 Å². The van der Waals surface area contributed by atoms with Gasteiger partial charge in [0.1, 0.15) is 0 Å². The number of ketones is 2. The largest absolute Gasteiger partial charge is 0.289 e. The smallest absolute Gasteiger partial charge is 0.194 e. The minimum absolute atomic E-state index is 0.0766. The summed E-state index contributed by atoms with van der Waals surface area (Å²) in [4.78, 5) is 24.5. The summed E-state index contributed by atoms with van der Waals surface area (Å²) >= 11 is 0. The van der Waals surface area contributed by atoms with E-state index in [1.807, 2.05) is 6.08 Å². The van der Waals surface area contributed by atoms with Crippen molar-refractivity contribution in [1.82, 2.24) is 0 Å². The van der Waals surface area contributed by atoms with Crippen LogP contribution in [0.25, 0.3) is 0 Å². The second-order valence-corrected chi connectivity index (χ2v) is 4.20. The van der Waals surface area contributed by atoms with Gasteiger partial charge < -0.3 is 0 Å². The van der Waals surface area contributed by atoms with Gasteiger partial charge in [0.25, 0.3) is 0 Å². The van der Waals surface area contributed by atoms with Crippen molar-refractivity contribution in [2.75, 3.05) is 0 Å². The Labute approximate surface area is 99.0 Å². The maximum absolute atomic E-state index is 12.3. The van der Waals surface area contributed by atoms with Crippen molar-refractivity contribution in [2.24, 2.45) is 0 Å². The van der Waals surface area contributed by atoms with Crippen molar-refractivity contribution < 1.29 is 9.59 Å². The predicted molar refractivity (Wildman–Crippen MR) is 65.0 cm³/mol. The van der Waals surface area contributed by atoms with E-state index in [0.29, 0.717) is 28.7 Å². The van der Waals surface area contributed by atoms with E-state index in [1.165, 1.54) is 0 Å². The molecule has 0 aromatic heterocycles.